The molecule has 0 aromatic heterocycles. The lowest BCUT2D eigenvalue weighted by molar-refractivity contribution is -0.170. The van der Waals surface area contributed by atoms with E-state index in [1.54, 1.807) is 6.92 Å². The number of ketones is 1. The second-order valence-electron chi connectivity index (χ2n) is 9.10. The van der Waals surface area contributed by atoms with Crippen LogP contribution >= 0.6 is 0 Å². The molecule has 0 N–H and O–H groups in total. The lowest BCUT2D eigenvalue weighted by Crippen LogP contribution is -2.22. The summed E-state index contributed by atoms with van der Waals surface area (Å²) in [6, 6.07) is 0. The molecule has 0 aliphatic rings. The van der Waals surface area contributed by atoms with Gasteiger partial charge in [0.1, 0.15) is 0 Å². The molecule has 0 spiro atoms. The molecule has 0 heterocycles. The van der Waals surface area contributed by atoms with Crippen LogP contribution in [0.15, 0.2) is 58.2 Å². The minimum Gasteiger partial charge on any atom is -0.290 e. The highest BCUT2D eigenvalue weighted by atomic mass is 19.4. The van der Waals surface area contributed by atoms with Gasteiger partial charge in [0, 0.05) is 6.42 Å². The molecular weight excluding hydrogens is 409 g/mol. The van der Waals surface area contributed by atoms with Gasteiger partial charge in [-0.1, -0.05) is 58.2 Å². The zero-order chi connectivity index (χ0) is 24.6. The Morgan fingerprint density at radius 3 is 1.25 bits per heavy atom. The average molecular weight is 453 g/mol. The zero-order valence-corrected chi connectivity index (χ0v) is 21.0. The Morgan fingerprint density at radius 2 is 0.875 bits per heavy atom. The van der Waals surface area contributed by atoms with Crippen LogP contribution in [0.2, 0.25) is 0 Å². The number of hydrogen-bond acceptors (Lipinski definition) is 1. The summed E-state index contributed by atoms with van der Waals surface area (Å²) in [5, 5.41) is 0. The predicted octanol–water partition coefficient (Wildman–Crippen LogP) is 9.77. The van der Waals surface area contributed by atoms with Crippen LogP contribution in [0.1, 0.15) is 106 Å². The van der Waals surface area contributed by atoms with Crippen LogP contribution in [0.4, 0.5) is 13.2 Å². The summed E-state index contributed by atoms with van der Waals surface area (Å²) < 4.78 is 36.7. The number of carbonyl (C=O) groups excluding carboxylic acids is 1. The fraction of sp³-hybridized carbons (Fsp3) is 0.607. The number of hydrogen-bond donors (Lipinski definition) is 0. The molecular formula is C28H43F3O. The third kappa shape index (κ3) is 17.8. The summed E-state index contributed by atoms with van der Waals surface area (Å²) in [4.78, 5) is 10.9. The molecule has 0 amide bonds. The van der Waals surface area contributed by atoms with Crippen LogP contribution in [-0.2, 0) is 4.79 Å². The molecule has 1 nitrogen and oxygen atoms in total. The molecule has 0 atom stereocenters. The molecule has 0 rings (SSSR count). The maximum absolute atomic E-state index is 12.2. The molecule has 4 heteroatoms. The van der Waals surface area contributed by atoms with Gasteiger partial charge >= 0.3 is 6.18 Å². The fourth-order valence-corrected chi connectivity index (χ4v) is 3.20. The Balaban J connectivity index is 4.12. The molecule has 182 valence electrons. The molecule has 0 fully saturated rings. The molecule has 0 saturated carbocycles. The third-order valence-corrected chi connectivity index (χ3v) is 5.37. The third-order valence-electron chi connectivity index (χ3n) is 5.37. The van der Waals surface area contributed by atoms with Gasteiger partial charge in [-0.05, 0) is 99.3 Å². The standard InChI is InChI=1S/C28H43F3O/c1-22(2)12-9-15-25(5)18-10-16-23(3)13-7-8-14-24(4)17-11-19-26(6)20-21-27(32)28(29,30)31/h12-14,18-19H,7-11,15-17,20-21H2,1-6H3/b23-13+,24-14+,25-18+,26-19+. The second-order valence-corrected chi connectivity index (χ2v) is 9.10. The summed E-state index contributed by atoms with van der Waals surface area (Å²) >= 11 is 0. The molecule has 0 aromatic carbocycles. The van der Waals surface area contributed by atoms with Crippen LogP contribution in [0.5, 0.6) is 0 Å². The fourth-order valence-electron chi connectivity index (χ4n) is 3.20. The predicted molar refractivity (Wildman–Crippen MR) is 132 cm³/mol. The van der Waals surface area contributed by atoms with Crippen LogP contribution in [0.3, 0.4) is 0 Å². The van der Waals surface area contributed by atoms with Crippen molar-refractivity contribution in [3.8, 4) is 0 Å². The van der Waals surface area contributed by atoms with Gasteiger partial charge < -0.3 is 0 Å². The molecule has 0 aromatic rings. The number of carbonyl (C=O) groups is 1. The first kappa shape index (κ1) is 30.2. The maximum atomic E-state index is 12.2. The lowest BCUT2D eigenvalue weighted by atomic mass is 10.0. The van der Waals surface area contributed by atoms with E-state index in [-0.39, 0.29) is 6.42 Å². The van der Waals surface area contributed by atoms with Crippen molar-refractivity contribution >= 4 is 5.78 Å². The molecule has 0 unspecified atom stereocenters. The van der Waals surface area contributed by atoms with E-state index < -0.39 is 18.4 Å². The molecule has 0 aliphatic heterocycles. The summed E-state index contributed by atoms with van der Waals surface area (Å²) in [7, 11) is 0. The van der Waals surface area contributed by atoms with E-state index in [1.165, 1.54) is 22.3 Å². The van der Waals surface area contributed by atoms with Crippen molar-refractivity contribution in [2.45, 2.75) is 112 Å². The van der Waals surface area contributed by atoms with E-state index in [1.807, 2.05) is 6.08 Å². The van der Waals surface area contributed by atoms with Gasteiger partial charge in [0.25, 0.3) is 0 Å². The topological polar surface area (TPSA) is 17.1 Å². The second kappa shape index (κ2) is 16.7. The van der Waals surface area contributed by atoms with Crippen LogP contribution in [0.25, 0.3) is 0 Å². The first-order valence-corrected chi connectivity index (χ1v) is 11.8. The monoisotopic (exact) mass is 452 g/mol. The number of rotatable bonds is 15. The Bertz CT molecular complexity index is 711. The van der Waals surface area contributed by atoms with E-state index in [4.69, 9.17) is 0 Å². The first-order chi connectivity index (χ1) is 14.9. The van der Waals surface area contributed by atoms with Crippen molar-refractivity contribution in [1.29, 1.82) is 0 Å². The SMILES string of the molecule is CC(C)=CCC/C(C)=C/CC/C(C)=C/CC/C=C(\C)CC/C=C(\C)CCC(=O)C(F)(F)F. The summed E-state index contributed by atoms with van der Waals surface area (Å²) in [6.07, 6.45) is 14.3. The smallest absolute Gasteiger partial charge is 0.290 e. The normalized spacial score (nSPS) is 14.0. The minimum atomic E-state index is -4.71. The Kier molecular flexibility index (Phi) is 15.8. The largest absolute Gasteiger partial charge is 0.449 e. The van der Waals surface area contributed by atoms with Crippen molar-refractivity contribution < 1.29 is 18.0 Å². The number of Topliss-reactive ketones (excluding diaryl/α,β-unsaturated/α-hetero) is 1. The zero-order valence-electron chi connectivity index (χ0n) is 21.0. The van der Waals surface area contributed by atoms with E-state index in [0.29, 0.717) is 0 Å². The summed E-state index contributed by atoms with van der Waals surface area (Å²) in [5.41, 5.74) is 6.41. The molecule has 0 radical (unpaired) electrons. The number of allylic oxidation sites excluding steroid dienone is 10. The molecule has 0 bridgehead atoms. The highest BCUT2D eigenvalue weighted by molar-refractivity contribution is 5.84. The van der Waals surface area contributed by atoms with E-state index in [0.717, 1.165) is 56.9 Å². The van der Waals surface area contributed by atoms with E-state index in [9.17, 15) is 18.0 Å². The Hall–Kier alpha value is -1.84. The van der Waals surface area contributed by atoms with E-state index >= 15 is 0 Å². The van der Waals surface area contributed by atoms with Crippen LogP contribution in [-0.4, -0.2) is 12.0 Å². The minimum absolute atomic E-state index is 0.176. The van der Waals surface area contributed by atoms with Gasteiger partial charge in [-0.2, -0.15) is 13.2 Å². The van der Waals surface area contributed by atoms with Crippen LogP contribution in [0, 0.1) is 0 Å². The summed E-state index contributed by atoms with van der Waals surface area (Å²) in [5.74, 6) is -1.64. The number of alkyl halides is 3. The Labute approximate surface area is 194 Å². The first-order valence-electron chi connectivity index (χ1n) is 11.8. The molecule has 32 heavy (non-hydrogen) atoms. The molecule has 0 saturated heterocycles. The van der Waals surface area contributed by atoms with Gasteiger partial charge in [-0.3, -0.25) is 4.79 Å². The number of halogens is 3. The van der Waals surface area contributed by atoms with E-state index in [2.05, 4.69) is 58.9 Å². The quantitative estimate of drug-likeness (QED) is 0.178. The van der Waals surface area contributed by atoms with Gasteiger partial charge in [-0.25, -0.2) is 0 Å². The average Bonchev–Trinajstić information content (AvgIpc) is 2.68. The van der Waals surface area contributed by atoms with Crippen molar-refractivity contribution in [3.63, 3.8) is 0 Å². The molecule has 0 aliphatic carbocycles. The van der Waals surface area contributed by atoms with Crippen molar-refractivity contribution in [3.05, 3.63) is 58.2 Å². The maximum Gasteiger partial charge on any atom is 0.449 e. The van der Waals surface area contributed by atoms with Gasteiger partial charge in [0.05, 0.1) is 0 Å². The number of unbranched alkanes of at least 4 members (excludes halogenated alkanes) is 1. The van der Waals surface area contributed by atoms with Crippen molar-refractivity contribution in [2.75, 3.05) is 0 Å². The van der Waals surface area contributed by atoms with Crippen molar-refractivity contribution in [1.82, 2.24) is 0 Å². The van der Waals surface area contributed by atoms with Gasteiger partial charge in [0.2, 0.25) is 5.78 Å². The van der Waals surface area contributed by atoms with Gasteiger partial charge in [0.15, 0.2) is 0 Å². The Morgan fingerprint density at radius 1 is 0.531 bits per heavy atom. The van der Waals surface area contributed by atoms with Gasteiger partial charge in [-0.15, -0.1) is 0 Å². The lowest BCUT2D eigenvalue weighted by Gasteiger charge is -2.05. The highest BCUT2D eigenvalue weighted by Crippen LogP contribution is 2.20. The van der Waals surface area contributed by atoms with Crippen LogP contribution < -0.4 is 0 Å². The summed E-state index contributed by atoms with van der Waals surface area (Å²) in [6.45, 7) is 12.6. The van der Waals surface area contributed by atoms with Crippen molar-refractivity contribution in [2.24, 2.45) is 0 Å². The highest BCUT2D eigenvalue weighted by Gasteiger charge is 2.37.